The SMILES string of the molecule is CN=C(N)NCc1ccc(N2CCN(C)CC2)nc1.I. The molecule has 6 nitrogen and oxygen atoms in total. The number of nitrogens with one attached hydrogen (secondary N) is 1. The molecule has 0 atom stereocenters. The van der Waals surface area contributed by atoms with Gasteiger partial charge in [-0.15, -0.1) is 24.0 Å². The summed E-state index contributed by atoms with van der Waals surface area (Å²) in [6.45, 7) is 4.91. The summed E-state index contributed by atoms with van der Waals surface area (Å²) in [5, 5.41) is 3.02. The van der Waals surface area contributed by atoms with Gasteiger partial charge in [-0.25, -0.2) is 4.98 Å². The van der Waals surface area contributed by atoms with Gasteiger partial charge >= 0.3 is 0 Å². The Bertz CT molecular complexity index is 425. The molecule has 2 heterocycles. The summed E-state index contributed by atoms with van der Waals surface area (Å²) in [4.78, 5) is 13.0. The first kappa shape index (κ1) is 17.0. The lowest BCUT2D eigenvalue weighted by Crippen LogP contribution is -2.44. The number of piperazine rings is 1. The Labute approximate surface area is 137 Å². The molecule has 1 saturated heterocycles. The number of hydrogen-bond donors (Lipinski definition) is 2. The smallest absolute Gasteiger partial charge is 0.188 e. The van der Waals surface area contributed by atoms with Crippen molar-refractivity contribution in [1.82, 2.24) is 15.2 Å². The Hall–Kier alpha value is -1.09. The predicted molar refractivity (Wildman–Crippen MR) is 93.7 cm³/mol. The number of likely N-dealkylation sites (N-methyl/N-ethyl adjacent to an activating group) is 1. The molecule has 0 aliphatic carbocycles. The molecule has 20 heavy (non-hydrogen) atoms. The minimum absolute atomic E-state index is 0. The van der Waals surface area contributed by atoms with Gasteiger partial charge in [0.2, 0.25) is 0 Å². The summed E-state index contributed by atoms with van der Waals surface area (Å²) >= 11 is 0. The number of nitrogens with two attached hydrogens (primary N) is 1. The fourth-order valence-corrected chi connectivity index (χ4v) is 2.02. The van der Waals surface area contributed by atoms with Crippen molar-refractivity contribution in [3.05, 3.63) is 23.9 Å². The first-order valence-electron chi connectivity index (χ1n) is 6.53. The summed E-state index contributed by atoms with van der Waals surface area (Å²) < 4.78 is 0. The van der Waals surface area contributed by atoms with Crippen LogP contribution in [0.15, 0.2) is 23.3 Å². The van der Waals surface area contributed by atoms with Crippen LogP contribution in [0.1, 0.15) is 5.56 Å². The lowest BCUT2D eigenvalue weighted by molar-refractivity contribution is 0.312. The highest BCUT2D eigenvalue weighted by atomic mass is 127. The number of hydrogen-bond acceptors (Lipinski definition) is 4. The van der Waals surface area contributed by atoms with Crippen LogP contribution in [0.5, 0.6) is 0 Å². The van der Waals surface area contributed by atoms with Crippen LogP contribution < -0.4 is 16.0 Å². The van der Waals surface area contributed by atoms with E-state index in [0.717, 1.165) is 37.6 Å². The molecule has 1 aliphatic heterocycles. The number of aromatic nitrogens is 1. The van der Waals surface area contributed by atoms with Gasteiger partial charge in [0.05, 0.1) is 0 Å². The highest BCUT2D eigenvalue weighted by molar-refractivity contribution is 14.0. The maximum absolute atomic E-state index is 5.59. The van der Waals surface area contributed by atoms with Crippen LogP contribution in [-0.2, 0) is 6.54 Å². The molecule has 0 spiro atoms. The minimum Gasteiger partial charge on any atom is -0.370 e. The van der Waals surface area contributed by atoms with Crippen LogP contribution >= 0.6 is 24.0 Å². The highest BCUT2D eigenvalue weighted by Gasteiger charge is 2.14. The van der Waals surface area contributed by atoms with E-state index in [2.05, 4.69) is 44.3 Å². The van der Waals surface area contributed by atoms with Crippen molar-refractivity contribution < 1.29 is 0 Å². The van der Waals surface area contributed by atoms with Crippen LogP contribution in [-0.4, -0.2) is 56.1 Å². The van der Waals surface area contributed by atoms with Crippen molar-refractivity contribution in [1.29, 1.82) is 0 Å². The third-order valence-corrected chi connectivity index (χ3v) is 3.35. The molecule has 3 N–H and O–H groups in total. The van der Waals surface area contributed by atoms with E-state index in [4.69, 9.17) is 5.73 Å². The van der Waals surface area contributed by atoms with E-state index in [9.17, 15) is 0 Å². The monoisotopic (exact) mass is 390 g/mol. The van der Waals surface area contributed by atoms with Gasteiger partial charge < -0.3 is 20.9 Å². The fourth-order valence-electron chi connectivity index (χ4n) is 2.02. The minimum atomic E-state index is 0. The highest BCUT2D eigenvalue weighted by Crippen LogP contribution is 2.13. The third-order valence-electron chi connectivity index (χ3n) is 3.35. The number of halogens is 1. The Balaban J connectivity index is 0.00000200. The summed E-state index contributed by atoms with van der Waals surface area (Å²) in [6.07, 6.45) is 1.89. The van der Waals surface area contributed by atoms with E-state index in [1.54, 1.807) is 7.05 Å². The molecule has 1 fully saturated rings. The number of pyridine rings is 1. The van der Waals surface area contributed by atoms with E-state index in [0.29, 0.717) is 12.5 Å². The maximum Gasteiger partial charge on any atom is 0.188 e. The summed E-state index contributed by atoms with van der Waals surface area (Å²) in [7, 11) is 3.82. The lowest BCUT2D eigenvalue weighted by atomic mass is 10.2. The number of nitrogens with zero attached hydrogens (tertiary/aromatic N) is 4. The van der Waals surface area contributed by atoms with Gasteiger partial charge in [0.15, 0.2) is 5.96 Å². The molecule has 0 radical (unpaired) electrons. The summed E-state index contributed by atoms with van der Waals surface area (Å²) in [5.41, 5.74) is 6.69. The molecule has 1 aromatic rings. The van der Waals surface area contributed by atoms with Crippen LogP contribution in [0.2, 0.25) is 0 Å². The molecule has 0 unspecified atom stereocenters. The first-order chi connectivity index (χ1) is 9.19. The molecule has 0 saturated carbocycles. The second-order valence-electron chi connectivity index (χ2n) is 4.78. The molecule has 1 aromatic heterocycles. The van der Waals surface area contributed by atoms with E-state index >= 15 is 0 Å². The van der Waals surface area contributed by atoms with Crippen molar-refractivity contribution >= 4 is 35.8 Å². The quantitative estimate of drug-likeness (QED) is 0.447. The average molecular weight is 390 g/mol. The molecular weight excluding hydrogens is 367 g/mol. The molecule has 2 rings (SSSR count). The maximum atomic E-state index is 5.59. The van der Waals surface area contributed by atoms with E-state index < -0.39 is 0 Å². The van der Waals surface area contributed by atoms with Gasteiger partial charge in [0, 0.05) is 46.0 Å². The van der Waals surface area contributed by atoms with E-state index in [1.165, 1.54) is 0 Å². The van der Waals surface area contributed by atoms with Crippen molar-refractivity contribution in [2.75, 3.05) is 45.2 Å². The largest absolute Gasteiger partial charge is 0.370 e. The number of anilines is 1. The molecule has 7 heteroatoms. The average Bonchev–Trinajstić information content (AvgIpc) is 2.46. The van der Waals surface area contributed by atoms with Crippen LogP contribution in [0.3, 0.4) is 0 Å². The molecule has 0 bridgehead atoms. The van der Waals surface area contributed by atoms with Gasteiger partial charge in [-0.1, -0.05) is 6.07 Å². The van der Waals surface area contributed by atoms with Gasteiger partial charge in [0.1, 0.15) is 5.82 Å². The third kappa shape index (κ3) is 4.78. The summed E-state index contributed by atoms with van der Waals surface area (Å²) in [6, 6.07) is 4.15. The van der Waals surface area contributed by atoms with Crippen molar-refractivity contribution in [3.8, 4) is 0 Å². The zero-order chi connectivity index (χ0) is 13.7. The number of guanidine groups is 1. The fraction of sp³-hybridized carbons (Fsp3) is 0.538. The number of aliphatic imine (C=N–C) groups is 1. The Morgan fingerprint density at radius 2 is 2.05 bits per heavy atom. The van der Waals surface area contributed by atoms with Crippen molar-refractivity contribution in [2.24, 2.45) is 10.7 Å². The Morgan fingerprint density at radius 3 is 2.60 bits per heavy atom. The van der Waals surface area contributed by atoms with Crippen molar-refractivity contribution in [3.63, 3.8) is 0 Å². The lowest BCUT2D eigenvalue weighted by Gasteiger charge is -2.33. The standard InChI is InChI=1S/C13H22N6.HI/c1-15-13(14)17-10-11-3-4-12(16-9-11)19-7-5-18(2)6-8-19;/h3-4,9H,5-8,10H2,1-2H3,(H3,14,15,17);1H. The van der Waals surface area contributed by atoms with Crippen LogP contribution in [0.25, 0.3) is 0 Å². The van der Waals surface area contributed by atoms with Gasteiger partial charge in [-0.05, 0) is 18.7 Å². The molecular formula is C13H23IN6. The van der Waals surface area contributed by atoms with Crippen molar-refractivity contribution in [2.45, 2.75) is 6.54 Å². The summed E-state index contributed by atoms with van der Waals surface area (Å²) in [5.74, 6) is 1.50. The zero-order valence-corrected chi connectivity index (χ0v) is 14.4. The predicted octanol–water partition coefficient (Wildman–Crippen LogP) is 0.486. The van der Waals surface area contributed by atoms with Gasteiger partial charge in [-0.3, -0.25) is 4.99 Å². The topological polar surface area (TPSA) is 69.8 Å². The molecule has 0 amide bonds. The van der Waals surface area contributed by atoms with Crippen LogP contribution in [0, 0.1) is 0 Å². The van der Waals surface area contributed by atoms with Gasteiger partial charge in [-0.2, -0.15) is 0 Å². The number of rotatable bonds is 3. The Kier molecular flexibility index (Phi) is 7.00. The van der Waals surface area contributed by atoms with E-state index in [-0.39, 0.29) is 24.0 Å². The molecule has 1 aliphatic rings. The second kappa shape index (κ2) is 8.25. The molecule has 0 aromatic carbocycles. The van der Waals surface area contributed by atoms with E-state index in [1.807, 2.05) is 6.20 Å². The Morgan fingerprint density at radius 1 is 1.35 bits per heavy atom. The van der Waals surface area contributed by atoms with Gasteiger partial charge in [0.25, 0.3) is 0 Å². The molecule has 112 valence electrons. The first-order valence-corrected chi connectivity index (χ1v) is 6.53. The second-order valence-corrected chi connectivity index (χ2v) is 4.78. The normalized spacial score (nSPS) is 16.7. The zero-order valence-electron chi connectivity index (χ0n) is 12.0. The van der Waals surface area contributed by atoms with Crippen LogP contribution in [0.4, 0.5) is 5.82 Å².